The average molecular weight is 543 g/mol. The number of carbonyl (C=O) groups excluding carboxylic acids is 1. The molecule has 39 heavy (non-hydrogen) atoms. The second-order valence-corrected chi connectivity index (χ2v) is 10.7. The number of aromatic nitrogens is 4. The van der Waals surface area contributed by atoms with Gasteiger partial charge in [-0.05, 0) is 53.9 Å². The first-order valence-corrected chi connectivity index (χ1v) is 13.3. The molecule has 4 heterocycles. The highest BCUT2D eigenvalue weighted by Crippen LogP contribution is 2.40. The third-order valence-corrected chi connectivity index (χ3v) is 8.02. The normalized spacial score (nSPS) is 15.1. The average Bonchev–Trinajstić information content (AvgIpc) is 3.59. The summed E-state index contributed by atoms with van der Waals surface area (Å²) in [6.45, 7) is 0.689. The van der Waals surface area contributed by atoms with Gasteiger partial charge in [-0.25, -0.2) is 18.7 Å². The standard InChI is InChI=1S/C29H24F2N6OS/c1-37-16-36-25-15-33-24-8-5-18(12-21(24)27(25)37)26-9-6-19(39-26)14-34-28-20(3-2-10-32-28)29(38)35-13-17-4-7-22(30)23(31)11-17/h2-5,7-12,15-16,19H,6,13-14H2,1H3,(H,32,34)(H,35,38). The van der Waals surface area contributed by atoms with Gasteiger partial charge in [0.2, 0.25) is 0 Å². The molecule has 0 bridgehead atoms. The number of fused-ring (bicyclic) bond motifs is 3. The van der Waals surface area contributed by atoms with Gasteiger partial charge in [-0.2, -0.15) is 0 Å². The number of anilines is 1. The molecule has 5 aromatic rings. The summed E-state index contributed by atoms with van der Waals surface area (Å²) in [7, 11) is 1.99. The Labute approximate surface area is 227 Å². The number of nitrogens with one attached hydrogen (secondary N) is 2. The summed E-state index contributed by atoms with van der Waals surface area (Å²) in [6.07, 6.45) is 8.35. The summed E-state index contributed by atoms with van der Waals surface area (Å²) >= 11 is 1.79. The lowest BCUT2D eigenvalue weighted by Gasteiger charge is -2.15. The van der Waals surface area contributed by atoms with Crippen LogP contribution in [0.15, 0.2) is 73.3 Å². The second-order valence-electron chi connectivity index (χ2n) is 9.33. The van der Waals surface area contributed by atoms with Gasteiger partial charge in [-0.1, -0.05) is 18.2 Å². The summed E-state index contributed by atoms with van der Waals surface area (Å²) in [4.78, 5) is 27.4. The van der Waals surface area contributed by atoms with E-state index in [1.54, 1.807) is 42.6 Å². The zero-order valence-corrected chi connectivity index (χ0v) is 21.8. The van der Waals surface area contributed by atoms with E-state index in [0.29, 0.717) is 23.5 Å². The fourth-order valence-corrected chi connectivity index (χ4v) is 5.86. The number of rotatable bonds is 7. The van der Waals surface area contributed by atoms with Crippen LogP contribution < -0.4 is 10.6 Å². The highest BCUT2D eigenvalue weighted by molar-refractivity contribution is 8.09. The molecule has 7 nitrogen and oxygen atoms in total. The second kappa shape index (κ2) is 10.5. The summed E-state index contributed by atoms with van der Waals surface area (Å²) < 4.78 is 28.7. The maximum atomic E-state index is 13.5. The van der Waals surface area contributed by atoms with Gasteiger partial charge in [-0.15, -0.1) is 11.8 Å². The first kappa shape index (κ1) is 25.0. The lowest BCUT2D eigenvalue weighted by atomic mass is 10.1. The fourth-order valence-electron chi connectivity index (χ4n) is 4.69. The van der Waals surface area contributed by atoms with E-state index >= 15 is 0 Å². The van der Waals surface area contributed by atoms with Gasteiger partial charge in [0.05, 0.1) is 29.1 Å². The molecule has 2 aromatic carbocycles. The van der Waals surface area contributed by atoms with Gasteiger partial charge in [0.1, 0.15) is 11.3 Å². The molecule has 0 spiro atoms. The SMILES string of the molecule is Cn1cnc2cnc3ccc(C4=CCC(CNc5ncccc5C(=O)NCc5ccc(F)c(F)c5)S4)cc3c21. The summed E-state index contributed by atoms with van der Waals surface area (Å²) in [5.41, 5.74) is 4.86. The van der Waals surface area contributed by atoms with Crippen molar-refractivity contribution in [2.75, 3.05) is 11.9 Å². The number of nitrogens with zero attached hydrogens (tertiary/aromatic N) is 4. The number of amides is 1. The van der Waals surface area contributed by atoms with E-state index in [1.165, 1.54) is 11.0 Å². The molecular formula is C29H24F2N6OS. The number of benzene rings is 2. The summed E-state index contributed by atoms with van der Waals surface area (Å²) in [5.74, 6) is -1.74. The Hall–Kier alpha value is -4.31. The van der Waals surface area contributed by atoms with Crippen molar-refractivity contribution in [2.45, 2.75) is 18.2 Å². The van der Waals surface area contributed by atoms with Crippen LogP contribution in [0.2, 0.25) is 0 Å². The number of thioether (sulfide) groups is 1. The van der Waals surface area contributed by atoms with Gasteiger partial charge >= 0.3 is 0 Å². The number of aryl methyl sites for hydroxylation is 1. The molecule has 1 unspecified atom stereocenters. The topological polar surface area (TPSA) is 84.7 Å². The van der Waals surface area contributed by atoms with Gasteiger partial charge in [0, 0.05) is 41.9 Å². The van der Waals surface area contributed by atoms with Crippen molar-refractivity contribution in [1.29, 1.82) is 0 Å². The molecule has 6 rings (SSSR count). The maximum Gasteiger partial charge on any atom is 0.255 e. The molecule has 2 N–H and O–H groups in total. The monoisotopic (exact) mass is 542 g/mol. The third-order valence-electron chi connectivity index (χ3n) is 6.67. The number of imidazole rings is 1. The van der Waals surface area contributed by atoms with Crippen LogP contribution in [0.25, 0.3) is 26.8 Å². The molecule has 0 saturated carbocycles. The first-order valence-electron chi connectivity index (χ1n) is 12.4. The van der Waals surface area contributed by atoms with Crippen LogP contribution in [0.3, 0.4) is 0 Å². The Morgan fingerprint density at radius 1 is 1.08 bits per heavy atom. The van der Waals surface area contributed by atoms with E-state index in [1.807, 2.05) is 17.7 Å². The minimum atomic E-state index is -0.946. The Morgan fingerprint density at radius 2 is 1.97 bits per heavy atom. The number of carbonyl (C=O) groups is 1. The quantitative estimate of drug-likeness (QED) is 0.275. The van der Waals surface area contributed by atoms with E-state index in [9.17, 15) is 13.6 Å². The third kappa shape index (κ3) is 5.07. The van der Waals surface area contributed by atoms with Gasteiger partial charge in [0.25, 0.3) is 5.91 Å². The molecule has 1 aliphatic heterocycles. The van der Waals surface area contributed by atoms with E-state index in [2.05, 4.69) is 43.8 Å². The van der Waals surface area contributed by atoms with Crippen LogP contribution in [0.4, 0.5) is 14.6 Å². The minimum Gasteiger partial charge on any atom is -0.368 e. The highest BCUT2D eigenvalue weighted by Gasteiger charge is 2.21. The molecule has 196 valence electrons. The predicted octanol–water partition coefficient (Wildman–Crippen LogP) is 5.68. The zero-order chi connectivity index (χ0) is 26.9. The lowest BCUT2D eigenvalue weighted by molar-refractivity contribution is 0.0951. The minimum absolute atomic E-state index is 0.0720. The molecule has 1 aliphatic rings. The van der Waals surface area contributed by atoms with E-state index in [0.717, 1.165) is 46.1 Å². The van der Waals surface area contributed by atoms with Crippen molar-refractivity contribution in [2.24, 2.45) is 7.05 Å². The van der Waals surface area contributed by atoms with Crippen LogP contribution >= 0.6 is 11.8 Å². The molecule has 0 aliphatic carbocycles. The van der Waals surface area contributed by atoms with Crippen molar-refractivity contribution >= 4 is 50.3 Å². The van der Waals surface area contributed by atoms with Crippen molar-refractivity contribution < 1.29 is 13.6 Å². The number of hydrogen-bond donors (Lipinski definition) is 2. The molecular weight excluding hydrogens is 518 g/mol. The Balaban J connectivity index is 1.11. The molecule has 0 radical (unpaired) electrons. The van der Waals surface area contributed by atoms with Crippen LogP contribution in [-0.4, -0.2) is 37.2 Å². The van der Waals surface area contributed by atoms with E-state index in [-0.39, 0.29) is 17.7 Å². The van der Waals surface area contributed by atoms with Crippen LogP contribution in [-0.2, 0) is 13.6 Å². The van der Waals surface area contributed by atoms with E-state index in [4.69, 9.17) is 0 Å². The van der Waals surface area contributed by atoms with Crippen LogP contribution in [0, 0.1) is 11.6 Å². The highest BCUT2D eigenvalue weighted by atomic mass is 32.2. The maximum absolute atomic E-state index is 13.5. The number of pyridine rings is 2. The van der Waals surface area contributed by atoms with Crippen molar-refractivity contribution in [3.05, 3.63) is 102 Å². The molecule has 10 heteroatoms. The molecule has 0 fully saturated rings. The van der Waals surface area contributed by atoms with E-state index < -0.39 is 11.6 Å². The molecule has 1 amide bonds. The fraction of sp³-hybridized carbons (Fsp3) is 0.172. The first-order chi connectivity index (χ1) is 19.0. The Kier molecular flexibility index (Phi) is 6.70. The van der Waals surface area contributed by atoms with Crippen LogP contribution in [0.5, 0.6) is 0 Å². The van der Waals surface area contributed by atoms with Crippen molar-refractivity contribution in [3.8, 4) is 0 Å². The largest absolute Gasteiger partial charge is 0.368 e. The van der Waals surface area contributed by atoms with Crippen molar-refractivity contribution in [1.82, 2.24) is 24.8 Å². The van der Waals surface area contributed by atoms with Gasteiger partial charge in [-0.3, -0.25) is 9.78 Å². The van der Waals surface area contributed by atoms with Gasteiger partial charge in [0.15, 0.2) is 11.6 Å². The molecule has 1 atom stereocenters. The number of halogens is 2. The van der Waals surface area contributed by atoms with Crippen molar-refractivity contribution in [3.63, 3.8) is 0 Å². The predicted molar refractivity (Wildman–Crippen MR) is 150 cm³/mol. The van der Waals surface area contributed by atoms with Crippen LogP contribution in [0.1, 0.15) is 27.9 Å². The number of allylic oxidation sites excluding steroid dienone is 1. The Bertz CT molecular complexity index is 1750. The number of hydrogen-bond acceptors (Lipinski definition) is 6. The molecule has 0 saturated heterocycles. The zero-order valence-electron chi connectivity index (χ0n) is 21.0. The summed E-state index contributed by atoms with van der Waals surface area (Å²) in [6, 6.07) is 13.3. The summed E-state index contributed by atoms with van der Waals surface area (Å²) in [5, 5.41) is 7.41. The van der Waals surface area contributed by atoms with Gasteiger partial charge < -0.3 is 15.2 Å². The Morgan fingerprint density at radius 3 is 2.85 bits per heavy atom. The molecule has 3 aromatic heterocycles. The lowest BCUT2D eigenvalue weighted by Crippen LogP contribution is -2.25. The smallest absolute Gasteiger partial charge is 0.255 e.